The van der Waals surface area contributed by atoms with Crippen molar-refractivity contribution in [2.24, 2.45) is 11.5 Å². The van der Waals surface area contributed by atoms with Gasteiger partial charge in [0.05, 0.1) is 0 Å². The number of nitrogens with zero attached hydrogens (tertiary/aromatic N) is 2. The molecule has 0 radical (unpaired) electrons. The SMILES string of the molecule is N=C(N)N(CCCCCCCCCN(C(=N)N)C(=O)Nc1ccc(Cl)cc1)C(=O)Nc1ccc(Cl)cc1. The number of halogens is 2. The minimum atomic E-state index is -0.454. The normalized spacial score (nSPS) is 10.4. The monoisotopic (exact) mass is 548 g/mol. The highest BCUT2D eigenvalue weighted by molar-refractivity contribution is 6.31. The zero-order valence-corrected chi connectivity index (χ0v) is 22.1. The summed E-state index contributed by atoms with van der Waals surface area (Å²) >= 11 is 11.7. The van der Waals surface area contributed by atoms with Gasteiger partial charge in [0.15, 0.2) is 11.9 Å². The van der Waals surface area contributed by atoms with E-state index < -0.39 is 12.1 Å². The van der Waals surface area contributed by atoms with Crippen molar-refractivity contribution in [1.82, 2.24) is 9.80 Å². The van der Waals surface area contributed by atoms with Crippen LogP contribution in [0.1, 0.15) is 44.9 Å². The lowest BCUT2D eigenvalue weighted by Crippen LogP contribution is -2.44. The second-order valence-electron chi connectivity index (χ2n) is 8.42. The van der Waals surface area contributed by atoms with Crippen LogP contribution in [0, 0.1) is 10.8 Å². The highest BCUT2D eigenvalue weighted by Gasteiger charge is 2.17. The first-order valence-corrected chi connectivity index (χ1v) is 12.8. The average molecular weight is 550 g/mol. The average Bonchev–Trinajstić information content (AvgIpc) is 2.84. The maximum atomic E-state index is 12.4. The summed E-state index contributed by atoms with van der Waals surface area (Å²) in [6.07, 6.45) is 6.15. The summed E-state index contributed by atoms with van der Waals surface area (Å²) in [5.74, 6) is -0.608. The van der Waals surface area contributed by atoms with Gasteiger partial charge in [0.25, 0.3) is 0 Å². The van der Waals surface area contributed by atoms with Crippen LogP contribution in [0.25, 0.3) is 0 Å². The van der Waals surface area contributed by atoms with Crippen molar-refractivity contribution in [2.75, 3.05) is 23.7 Å². The third-order valence-corrected chi connectivity index (χ3v) is 6.03. The molecule has 0 aliphatic rings. The van der Waals surface area contributed by atoms with E-state index in [1.54, 1.807) is 48.5 Å². The van der Waals surface area contributed by atoms with Gasteiger partial charge in [0.1, 0.15) is 0 Å². The van der Waals surface area contributed by atoms with E-state index in [9.17, 15) is 9.59 Å². The number of nitrogens with two attached hydrogens (primary N) is 2. The van der Waals surface area contributed by atoms with Gasteiger partial charge in [-0.05, 0) is 61.4 Å². The van der Waals surface area contributed by atoms with Crippen molar-refractivity contribution in [3.63, 3.8) is 0 Å². The molecule has 0 aromatic heterocycles. The molecule has 4 amide bonds. The molecule has 0 fully saturated rings. The molecule has 0 aliphatic heterocycles. The molecular weight excluding hydrogens is 515 g/mol. The summed E-state index contributed by atoms with van der Waals surface area (Å²) < 4.78 is 0. The molecule has 12 heteroatoms. The number of nitrogens with one attached hydrogen (secondary N) is 4. The summed E-state index contributed by atoms with van der Waals surface area (Å²) in [5.41, 5.74) is 12.3. The molecule has 0 bridgehead atoms. The summed E-state index contributed by atoms with van der Waals surface area (Å²) in [6, 6.07) is 12.5. The number of amides is 4. The molecule has 37 heavy (non-hydrogen) atoms. The number of rotatable bonds is 12. The molecule has 0 aliphatic carbocycles. The van der Waals surface area contributed by atoms with Crippen molar-refractivity contribution in [3.8, 4) is 0 Å². The molecule has 200 valence electrons. The van der Waals surface area contributed by atoms with Gasteiger partial charge in [-0.1, -0.05) is 55.3 Å². The third-order valence-electron chi connectivity index (χ3n) is 5.53. The van der Waals surface area contributed by atoms with E-state index in [1.165, 1.54) is 9.80 Å². The summed E-state index contributed by atoms with van der Waals surface area (Å²) in [5, 5.41) is 22.0. The second-order valence-corrected chi connectivity index (χ2v) is 9.30. The van der Waals surface area contributed by atoms with Gasteiger partial charge in [-0.3, -0.25) is 20.6 Å². The number of hydrogen-bond donors (Lipinski definition) is 6. The molecule has 2 aromatic carbocycles. The summed E-state index contributed by atoms with van der Waals surface area (Å²) in [7, 11) is 0. The first-order valence-electron chi connectivity index (χ1n) is 12.0. The molecule has 0 saturated carbocycles. The Bertz CT molecular complexity index is 964. The zero-order chi connectivity index (χ0) is 27.2. The minimum absolute atomic E-state index is 0.304. The van der Waals surface area contributed by atoms with Crippen LogP contribution in [0.15, 0.2) is 48.5 Å². The van der Waals surface area contributed by atoms with Crippen molar-refractivity contribution >= 4 is 58.6 Å². The highest BCUT2D eigenvalue weighted by Crippen LogP contribution is 2.16. The number of guanidine groups is 2. The van der Waals surface area contributed by atoms with Crippen LogP contribution in [-0.2, 0) is 0 Å². The molecule has 2 aromatic rings. The van der Waals surface area contributed by atoms with Gasteiger partial charge in [-0.25, -0.2) is 9.59 Å². The maximum absolute atomic E-state index is 12.4. The van der Waals surface area contributed by atoms with Gasteiger partial charge >= 0.3 is 12.1 Å². The molecule has 2 rings (SSSR count). The Kier molecular flexibility index (Phi) is 12.5. The number of carbonyl (C=O) groups is 2. The van der Waals surface area contributed by atoms with Crippen molar-refractivity contribution in [3.05, 3.63) is 58.6 Å². The molecule has 0 unspecified atom stereocenters. The largest absolute Gasteiger partial charge is 0.370 e. The molecule has 0 saturated heterocycles. The van der Waals surface area contributed by atoms with Gasteiger partial charge < -0.3 is 22.1 Å². The fourth-order valence-electron chi connectivity index (χ4n) is 3.53. The molecule has 10 nitrogen and oxygen atoms in total. The minimum Gasteiger partial charge on any atom is -0.370 e. The van der Waals surface area contributed by atoms with E-state index in [0.717, 1.165) is 44.9 Å². The summed E-state index contributed by atoms with van der Waals surface area (Å²) in [6.45, 7) is 0.704. The fraction of sp³-hybridized carbons (Fsp3) is 0.360. The standard InChI is InChI=1S/C25H34Cl2N8O2/c26-18-8-12-20(13-9-18)32-24(36)34(22(28)29)16-6-4-2-1-3-5-7-17-35(23(30)31)25(37)33-21-14-10-19(27)11-15-21/h8-15H,1-7,16-17H2,(H3,28,29)(H3,30,31)(H,32,36)(H,33,37). The van der Waals surface area contributed by atoms with Crippen LogP contribution in [0.2, 0.25) is 10.0 Å². The van der Waals surface area contributed by atoms with Gasteiger partial charge in [-0.15, -0.1) is 0 Å². The smallest absolute Gasteiger partial charge is 0.328 e. The highest BCUT2D eigenvalue weighted by atomic mass is 35.5. The van der Waals surface area contributed by atoms with E-state index >= 15 is 0 Å². The fourth-order valence-corrected chi connectivity index (χ4v) is 3.79. The molecule has 0 heterocycles. The predicted molar refractivity (Wildman–Crippen MR) is 151 cm³/mol. The second kappa shape index (κ2) is 15.6. The van der Waals surface area contributed by atoms with Crippen LogP contribution >= 0.6 is 23.2 Å². The Morgan fingerprint density at radius 3 is 1.22 bits per heavy atom. The zero-order valence-electron chi connectivity index (χ0n) is 20.6. The first kappa shape index (κ1) is 29.7. The van der Waals surface area contributed by atoms with Gasteiger partial charge in [0, 0.05) is 34.5 Å². The quantitative estimate of drug-likeness (QED) is 0.111. The first-order chi connectivity index (χ1) is 17.7. The van der Waals surface area contributed by atoms with E-state index in [0.29, 0.717) is 34.5 Å². The van der Waals surface area contributed by atoms with Crippen LogP contribution in [0.5, 0.6) is 0 Å². The number of carbonyl (C=O) groups excluding carboxylic acids is 2. The molecule has 0 spiro atoms. The van der Waals surface area contributed by atoms with E-state index in [1.807, 2.05) is 0 Å². The number of hydrogen-bond acceptors (Lipinski definition) is 4. The van der Waals surface area contributed by atoms with Crippen LogP contribution in [-0.4, -0.2) is 46.9 Å². The predicted octanol–water partition coefficient (Wildman–Crippen LogP) is 5.88. The summed E-state index contributed by atoms with van der Waals surface area (Å²) in [4.78, 5) is 27.3. The lowest BCUT2D eigenvalue weighted by atomic mass is 10.1. The number of anilines is 2. The lowest BCUT2D eigenvalue weighted by molar-refractivity contribution is 0.231. The lowest BCUT2D eigenvalue weighted by Gasteiger charge is -2.21. The van der Waals surface area contributed by atoms with E-state index in [4.69, 9.17) is 45.5 Å². The van der Waals surface area contributed by atoms with Crippen molar-refractivity contribution in [2.45, 2.75) is 44.9 Å². The van der Waals surface area contributed by atoms with Crippen LogP contribution in [0.3, 0.4) is 0 Å². The van der Waals surface area contributed by atoms with Crippen molar-refractivity contribution < 1.29 is 9.59 Å². The maximum Gasteiger partial charge on any atom is 0.328 e. The Balaban J connectivity index is 1.62. The Hall–Kier alpha value is -3.50. The number of unbranched alkanes of at least 4 members (excludes halogenated alkanes) is 6. The van der Waals surface area contributed by atoms with Crippen molar-refractivity contribution in [1.29, 1.82) is 10.8 Å². The van der Waals surface area contributed by atoms with Gasteiger partial charge in [-0.2, -0.15) is 0 Å². The molecular formula is C25H34Cl2N8O2. The molecule has 0 atom stereocenters. The number of benzene rings is 2. The topological polar surface area (TPSA) is 164 Å². The Morgan fingerprint density at radius 1 is 0.622 bits per heavy atom. The van der Waals surface area contributed by atoms with E-state index in [-0.39, 0.29) is 11.9 Å². The van der Waals surface area contributed by atoms with Crippen LogP contribution < -0.4 is 22.1 Å². The Morgan fingerprint density at radius 2 is 0.919 bits per heavy atom. The van der Waals surface area contributed by atoms with Crippen LogP contribution in [0.4, 0.5) is 21.0 Å². The van der Waals surface area contributed by atoms with E-state index in [2.05, 4.69) is 10.6 Å². The van der Waals surface area contributed by atoms with Gasteiger partial charge in [0.2, 0.25) is 0 Å². The third kappa shape index (κ3) is 11.0. The molecule has 8 N–H and O–H groups in total. The number of urea groups is 2. The Labute approximate surface area is 227 Å².